The van der Waals surface area contributed by atoms with Crippen LogP contribution in [0, 0.1) is 11.3 Å². The third-order valence-electron chi connectivity index (χ3n) is 3.24. The first-order chi connectivity index (χ1) is 12.2. The van der Waals surface area contributed by atoms with Crippen molar-refractivity contribution in [1.29, 1.82) is 5.26 Å². The smallest absolute Gasteiger partial charge is 0.331 e. The molecule has 5 heteroatoms. The van der Waals surface area contributed by atoms with Gasteiger partial charge in [-0.2, -0.15) is 5.26 Å². The minimum atomic E-state index is -0.434. The van der Waals surface area contributed by atoms with Crippen molar-refractivity contribution in [2.75, 3.05) is 13.2 Å². The van der Waals surface area contributed by atoms with Gasteiger partial charge in [-0.15, -0.1) is 0 Å². The molecule has 128 valence electrons. The lowest BCUT2D eigenvalue weighted by molar-refractivity contribution is -0.138. The van der Waals surface area contributed by atoms with Crippen LogP contribution in [0.2, 0.25) is 0 Å². The van der Waals surface area contributed by atoms with E-state index in [0.717, 1.165) is 16.9 Å². The Morgan fingerprint density at radius 1 is 1.12 bits per heavy atom. The number of para-hydroxylation sites is 1. The molecule has 0 unspecified atom stereocenters. The molecule has 0 aromatic heterocycles. The van der Waals surface area contributed by atoms with Gasteiger partial charge in [-0.3, -0.25) is 0 Å². The Kier molecular flexibility index (Phi) is 7.08. The first kappa shape index (κ1) is 18.1. The molecule has 0 N–H and O–H groups in total. The highest BCUT2D eigenvalue weighted by molar-refractivity contribution is 5.87. The molecule has 0 aliphatic carbocycles. The molecule has 2 aromatic carbocycles. The lowest BCUT2D eigenvalue weighted by atomic mass is 10.2. The first-order valence-corrected chi connectivity index (χ1v) is 7.88. The number of nitrogens with zero attached hydrogens (tertiary/aromatic N) is 1. The van der Waals surface area contributed by atoms with Crippen LogP contribution in [-0.4, -0.2) is 19.2 Å². The Morgan fingerprint density at radius 3 is 2.60 bits per heavy atom. The van der Waals surface area contributed by atoms with E-state index in [2.05, 4.69) is 0 Å². The molecule has 0 heterocycles. The van der Waals surface area contributed by atoms with Crippen LogP contribution in [-0.2, 0) is 16.1 Å². The first-order valence-electron chi connectivity index (χ1n) is 7.88. The molecule has 5 nitrogen and oxygen atoms in total. The van der Waals surface area contributed by atoms with E-state index in [0.29, 0.717) is 12.4 Å². The summed E-state index contributed by atoms with van der Waals surface area (Å²) in [5.74, 6) is 0.889. The average Bonchev–Trinajstić information content (AvgIpc) is 2.65. The fraction of sp³-hybridized carbons (Fsp3) is 0.200. The van der Waals surface area contributed by atoms with Crippen molar-refractivity contribution in [2.45, 2.75) is 13.5 Å². The molecule has 0 saturated heterocycles. The summed E-state index contributed by atoms with van der Waals surface area (Å²) >= 11 is 0. The highest BCUT2D eigenvalue weighted by atomic mass is 16.5. The van der Waals surface area contributed by atoms with Gasteiger partial charge in [0.05, 0.1) is 6.61 Å². The van der Waals surface area contributed by atoms with E-state index in [4.69, 9.17) is 19.5 Å². The Labute approximate surface area is 147 Å². The molecule has 2 rings (SSSR count). The van der Waals surface area contributed by atoms with Crippen molar-refractivity contribution in [3.05, 3.63) is 65.7 Å². The van der Waals surface area contributed by atoms with Crippen LogP contribution >= 0.6 is 0 Å². The minimum absolute atomic E-state index is 0.00469. The van der Waals surface area contributed by atoms with Gasteiger partial charge < -0.3 is 14.2 Å². The van der Waals surface area contributed by atoms with E-state index in [1.807, 2.05) is 37.3 Å². The van der Waals surface area contributed by atoms with Crippen molar-refractivity contribution in [1.82, 2.24) is 0 Å². The summed E-state index contributed by atoms with van der Waals surface area (Å²) in [5, 5.41) is 8.46. The second-order valence-electron chi connectivity index (χ2n) is 5.00. The summed E-state index contributed by atoms with van der Waals surface area (Å²) in [6.07, 6.45) is 3.03. The van der Waals surface area contributed by atoms with Crippen LogP contribution in [0.25, 0.3) is 6.08 Å². The number of benzene rings is 2. The second-order valence-corrected chi connectivity index (χ2v) is 5.00. The third-order valence-corrected chi connectivity index (χ3v) is 3.24. The van der Waals surface area contributed by atoms with Crippen LogP contribution in [0.15, 0.2) is 54.6 Å². The Hall–Kier alpha value is -3.26. The molecule has 2 aromatic rings. The average molecular weight is 337 g/mol. The maximum atomic E-state index is 11.9. The van der Waals surface area contributed by atoms with Gasteiger partial charge in [-0.25, -0.2) is 4.79 Å². The number of hydrogen-bond acceptors (Lipinski definition) is 5. The Bertz CT molecular complexity index is 760. The number of ether oxygens (including phenoxy) is 3. The monoisotopic (exact) mass is 337 g/mol. The summed E-state index contributed by atoms with van der Waals surface area (Å²) < 4.78 is 15.9. The summed E-state index contributed by atoms with van der Waals surface area (Å²) in [6.45, 7) is 2.62. The molecule has 0 radical (unpaired) electrons. The lowest BCUT2D eigenvalue weighted by Crippen LogP contribution is -2.03. The topological polar surface area (TPSA) is 68.6 Å². The Balaban J connectivity index is 1.88. The summed E-state index contributed by atoms with van der Waals surface area (Å²) in [6, 6.07) is 16.4. The largest absolute Gasteiger partial charge is 0.493 e. The fourth-order valence-electron chi connectivity index (χ4n) is 2.07. The molecule has 0 amide bonds. The van der Waals surface area contributed by atoms with Crippen LogP contribution < -0.4 is 9.47 Å². The van der Waals surface area contributed by atoms with Gasteiger partial charge in [-0.05, 0) is 36.8 Å². The normalized spacial score (nSPS) is 10.2. The zero-order chi connectivity index (χ0) is 17.9. The number of hydrogen-bond donors (Lipinski definition) is 0. The van der Waals surface area contributed by atoms with Gasteiger partial charge in [0, 0.05) is 11.6 Å². The van der Waals surface area contributed by atoms with E-state index in [1.54, 1.807) is 30.3 Å². The van der Waals surface area contributed by atoms with Gasteiger partial charge in [0.1, 0.15) is 24.2 Å². The molecule has 0 aliphatic heterocycles. The molecular formula is C20H19NO4. The zero-order valence-electron chi connectivity index (χ0n) is 14.0. The summed E-state index contributed by atoms with van der Waals surface area (Å²) in [7, 11) is 0. The van der Waals surface area contributed by atoms with Gasteiger partial charge in [0.25, 0.3) is 0 Å². The number of esters is 1. The second kappa shape index (κ2) is 9.78. The van der Waals surface area contributed by atoms with Crippen LogP contribution in [0.3, 0.4) is 0 Å². The van der Waals surface area contributed by atoms with E-state index in [9.17, 15) is 4.79 Å². The van der Waals surface area contributed by atoms with Crippen LogP contribution in [0.1, 0.15) is 18.1 Å². The molecular weight excluding hydrogens is 318 g/mol. The zero-order valence-corrected chi connectivity index (χ0v) is 14.0. The lowest BCUT2D eigenvalue weighted by Gasteiger charge is -2.09. The van der Waals surface area contributed by atoms with E-state index >= 15 is 0 Å². The van der Waals surface area contributed by atoms with Crippen molar-refractivity contribution in [2.24, 2.45) is 0 Å². The highest BCUT2D eigenvalue weighted by Gasteiger charge is 2.05. The van der Waals surface area contributed by atoms with Gasteiger partial charge in [0.15, 0.2) is 6.61 Å². The molecule has 0 aliphatic rings. The van der Waals surface area contributed by atoms with Crippen molar-refractivity contribution in [3.8, 4) is 17.6 Å². The van der Waals surface area contributed by atoms with Crippen molar-refractivity contribution in [3.63, 3.8) is 0 Å². The van der Waals surface area contributed by atoms with Gasteiger partial charge in [0.2, 0.25) is 0 Å². The number of nitriles is 1. The summed E-state index contributed by atoms with van der Waals surface area (Å²) in [4.78, 5) is 11.9. The quantitative estimate of drug-likeness (QED) is 0.542. The van der Waals surface area contributed by atoms with E-state index in [1.165, 1.54) is 6.08 Å². The molecule has 0 atom stereocenters. The molecule has 0 spiro atoms. The molecule has 0 saturated carbocycles. The van der Waals surface area contributed by atoms with Gasteiger partial charge in [-0.1, -0.05) is 30.3 Å². The fourth-order valence-corrected chi connectivity index (χ4v) is 2.07. The minimum Gasteiger partial charge on any atom is -0.493 e. The number of rotatable bonds is 8. The third kappa shape index (κ3) is 6.04. The molecule has 25 heavy (non-hydrogen) atoms. The summed E-state index contributed by atoms with van der Waals surface area (Å²) in [5.41, 5.74) is 1.65. The van der Waals surface area contributed by atoms with Crippen molar-refractivity contribution >= 4 is 12.0 Å². The highest BCUT2D eigenvalue weighted by Crippen LogP contribution is 2.19. The predicted molar refractivity (Wildman–Crippen MR) is 94.0 cm³/mol. The van der Waals surface area contributed by atoms with E-state index < -0.39 is 5.97 Å². The Morgan fingerprint density at radius 2 is 1.88 bits per heavy atom. The van der Waals surface area contributed by atoms with Gasteiger partial charge >= 0.3 is 5.97 Å². The SMILES string of the molecule is CCOc1ccccc1COC(=O)/C=C/c1ccc(OCC#N)cc1. The predicted octanol–water partition coefficient (Wildman–Crippen LogP) is 3.74. The van der Waals surface area contributed by atoms with E-state index in [-0.39, 0.29) is 13.2 Å². The van der Waals surface area contributed by atoms with Crippen LogP contribution in [0.5, 0.6) is 11.5 Å². The number of carbonyl (C=O) groups is 1. The molecule has 0 fully saturated rings. The maximum Gasteiger partial charge on any atom is 0.331 e. The molecule has 0 bridgehead atoms. The number of carbonyl (C=O) groups excluding carboxylic acids is 1. The van der Waals surface area contributed by atoms with Crippen molar-refractivity contribution < 1.29 is 19.0 Å². The standard InChI is InChI=1S/C20H19NO4/c1-2-23-19-6-4-3-5-17(19)15-25-20(22)12-9-16-7-10-18(11-8-16)24-14-13-21/h3-12H,2,14-15H2,1H3/b12-9+. The maximum absolute atomic E-state index is 11.9. The van der Waals surface area contributed by atoms with Crippen LogP contribution in [0.4, 0.5) is 0 Å².